The first-order valence-corrected chi connectivity index (χ1v) is 11.4. The highest BCUT2D eigenvalue weighted by molar-refractivity contribution is 7.99. The van der Waals surface area contributed by atoms with Crippen molar-refractivity contribution >= 4 is 45.3 Å². The predicted octanol–water partition coefficient (Wildman–Crippen LogP) is 3.35. The fourth-order valence-electron chi connectivity index (χ4n) is 3.46. The van der Waals surface area contributed by atoms with Crippen molar-refractivity contribution < 1.29 is 9.59 Å². The smallest absolute Gasteiger partial charge is 0.321 e. The molecule has 0 radical (unpaired) electrons. The number of nitrogens with one attached hydrogen (secondary N) is 2. The number of amides is 3. The van der Waals surface area contributed by atoms with E-state index in [1.54, 1.807) is 4.57 Å². The number of carbonyl (C=O) groups excluding carboxylic acids is 2. The number of rotatable bonds is 5. The van der Waals surface area contributed by atoms with Crippen molar-refractivity contribution in [1.29, 1.82) is 0 Å². The van der Waals surface area contributed by atoms with E-state index in [2.05, 4.69) is 15.6 Å². The zero-order valence-electron chi connectivity index (χ0n) is 16.5. The Kier molecular flexibility index (Phi) is 6.77. The van der Waals surface area contributed by atoms with Gasteiger partial charge in [0.2, 0.25) is 5.91 Å². The number of imide groups is 1. The molecule has 3 rings (SSSR count). The Morgan fingerprint density at radius 2 is 1.96 bits per heavy atom. The molecular weight excluding hydrogens is 396 g/mol. The lowest BCUT2D eigenvalue weighted by Crippen LogP contribution is -2.45. The van der Waals surface area contributed by atoms with Crippen LogP contribution in [-0.2, 0) is 11.3 Å². The molecule has 0 saturated heterocycles. The topological polar surface area (TPSA) is 93.1 Å². The summed E-state index contributed by atoms with van der Waals surface area (Å²) in [6, 6.07) is -0.299. The predicted molar refractivity (Wildman–Crippen MR) is 113 cm³/mol. The molecule has 1 aliphatic rings. The zero-order chi connectivity index (χ0) is 20.3. The Balaban J connectivity index is 1.65. The summed E-state index contributed by atoms with van der Waals surface area (Å²) in [6.07, 6.45) is 5.35. The van der Waals surface area contributed by atoms with Crippen LogP contribution in [0.1, 0.15) is 49.5 Å². The van der Waals surface area contributed by atoms with Crippen LogP contribution in [0.15, 0.2) is 9.95 Å². The fourth-order valence-corrected chi connectivity index (χ4v) is 5.39. The van der Waals surface area contributed by atoms with E-state index >= 15 is 0 Å². The molecule has 7 nitrogen and oxygen atoms in total. The largest absolute Gasteiger partial charge is 0.335 e. The minimum absolute atomic E-state index is 0.0272. The van der Waals surface area contributed by atoms with Crippen LogP contribution in [0.25, 0.3) is 10.2 Å². The number of thiophene rings is 1. The molecule has 28 heavy (non-hydrogen) atoms. The van der Waals surface area contributed by atoms with Gasteiger partial charge in [0.1, 0.15) is 4.83 Å². The minimum atomic E-state index is -0.446. The molecule has 2 heterocycles. The summed E-state index contributed by atoms with van der Waals surface area (Å²) in [5.41, 5.74) is 0.890. The van der Waals surface area contributed by atoms with E-state index in [1.165, 1.54) is 29.5 Å². The molecule has 3 amide bonds. The maximum Gasteiger partial charge on any atom is 0.321 e. The molecule has 1 aliphatic carbocycles. The summed E-state index contributed by atoms with van der Waals surface area (Å²) < 4.78 is 1.58. The van der Waals surface area contributed by atoms with Gasteiger partial charge in [-0.1, -0.05) is 31.0 Å². The summed E-state index contributed by atoms with van der Waals surface area (Å²) in [5.74, 6) is -0.367. The Hall–Kier alpha value is -1.87. The van der Waals surface area contributed by atoms with E-state index in [-0.39, 0.29) is 17.4 Å². The van der Waals surface area contributed by atoms with Gasteiger partial charge in [0.15, 0.2) is 5.16 Å². The van der Waals surface area contributed by atoms with Crippen molar-refractivity contribution in [3.05, 3.63) is 20.8 Å². The van der Waals surface area contributed by atoms with Gasteiger partial charge in [-0.2, -0.15) is 0 Å². The monoisotopic (exact) mass is 422 g/mol. The van der Waals surface area contributed by atoms with Crippen molar-refractivity contribution in [3.63, 3.8) is 0 Å². The fraction of sp³-hybridized carbons (Fsp3) is 0.579. The van der Waals surface area contributed by atoms with Crippen LogP contribution in [0.5, 0.6) is 0 Å². The lowest BCUT2D eigenvalue weighted by atomic mass is 9.96. The van der Waals surface area contributed by atoms with Crippen LogP contribution in [0.4, 0.5) is 4.79 Å². The van der Waals surface area contributed by atoms with Gasteiger partial charge in [-0.15, -0.1) is 11.3 Å². The summed E-state index contributed by atoms with van der Waals surface area (Å²) in [5, 5.41) is 6.40. The van der Waals surface area contributed by atoms with E-state index in [9.17, 15) is 14.4 Å². The van der Waals surface area contributed by atoms with Gasteiger partial charge in [0.25, 0.3) is 5.56 Å². The Morgan fingerprint density at radius 1 is 1.25 bits per heavy atom. The van der Waals surface area contributed by atoms with Gasteiger partial charge >= 0.3 is 6.03 Å². The first-order valence-electron chi connectivity index (χ1n) is 9.64. The number of carbonyl (C=O) groups is 2. The minimum Gasteiger partial charge on any atom is -0.335 e. The van der Waals surface area contributed by atoms with Crippen molar-refractivity contribution in [2.75, 3.05) is 5.75 Å². The van der Waals surface area contributed by atoms with Gasteiger partial charge < -0.3 is 5.32 Å². The van der Waals surface area contributed by atoms with Gasteiger partial charge in [-0.3, -0.25) is 19.5 Å². The highest BCUT2D eigenvalue weighted by Gasteiger charge is 2.19. The Labute approximate surface area is 172 Å². The maximum atomic E-state index is 12.8. The van der Waals surface area contributed by atoms with E-state index < -0.39 is 11.9 Å². The van der Waals surface area contributed by atoms with Crippen molar-refractivity contribution in [2.24, 2.45) is 0 Å². The van der Waals surface area contributed by atoms with Crippen LogP contribution < -0.4 is 16.2 Å². The van der Waals surface area contributed by atoms with E-state index in [0.717, 1.165) is 36.1 Å². The lowest BCUT2D eigenvalue weighted by molar-refractivity contribution is -0.117. The number of hydrogen-bond acceptors (Lipinski definition) is 6. The highest BCUT2D eigenvalue weighted by Crippen LogP contribution is 2.28. The summed E-state index contributed by atoms with van der Waals surface area (Å²) in [6.45, 7) is 6.26. The average Bonchev–Trinajstić information content (AvgIpc) is 2.95. The Morgan fingerprint density at radius 3 is 2.64 bits per heavy atom. The van der Waals surface area contributed by atoms with E-state index in [0.29, 0.717) is 21.9 Å². The third-order valence-corrected chi connectivity index (χ3v) is 7.17. The third-order valence-electron chi connectivity index (χ3n) is 5.10. The maximum absolute atomic E-state index is 12.8. The normalized spacial score (nSPS) is 15.0. The van der Waals surface area contributed by atoms with Crippen LogP contribution >= 0.6 is 23.1 Å². The number of aromatic nitrogens is 2. The van der Waals surface area contributed by atoms with Crippen molar-refractivity contribution in [2.45, 2.75) is 70.6 Å². The second-order valence-electron chi connectivity index (χ2n) is 7.05. The highest BCUT2D eigenvalue weighted by atomic mass is 32.2. The molecule has 0 atom stereocenters. The van der Waals surface area contributed by atoms with Gasteiger partial charge in [0.05, 0.1) is 11.1 Å². The van der Waals surface area contributed by atoms with Crippen LogP contribution in [0, 0.1) is 13.8 Å². The van der Waals surface area contributed by atoms with Gasteiger partial charge in [-0.05, 0) is 39.2 Å². The first-order chi connectivity index (χ1) is 13.4. The van der Waals surface area contributed by atoms with Crippen molar-refractivity contribution in [1.82, 2.24) is 20.2 Å². The summed E-state index contributed by atoms with van der Waals surface area (Å²) in [7, 11) is 0. The van der Waals surface area contributed by atoms with Crippen LogP contribution in [-0.4, -0.2) is 33.3 Å². The molecule has 0 bridgehead atoms. The third kappa shape index (κ3) is 4.57. The first kappa shape index (κ1) is 20.9. The molecule has 2 N–H and O–H groups in total. The molecule has 2 aromatic heterocycles. The summed E-state index contributed by atoms with van der Waals surface area (Å²) in [4.78, 5) is 43.3. The van der Waals surface area contributed by atoms with Crippen LogP contribution in [0.3, 0.4) is 0 Å². The molecule has 9 heteroatoms. The molecule has 1 saturated carbocycles. The van der Waals surface area contributed by atoms with Crippen molar-refractivity contribution in [3.8, 4) is 0 Å². The number of fused-ring (bicyclic) bond motifs is 1. The van der Waals surface area contributed by atoms with Gasteiger partial charge in [-0.25, -0.2) is 9.78 Å². The van der Waals surface area contributed by atoms with E-state index in [1.807, 2.05) is 20.8 Å². The molecule has 0 aliphatic heterocycles. The second-order valence-corrected chi connectivity index (χ2v) is 9.20. The number of thioether (sulfide) groups is 1. The standard InChI is InChI=1S/C19H26N4O3S2/c1-4-23-17(25)15-11(2)12(3)28-16(15)22-19(23)27-10-14(24)21-18(26)20-13-8-6-5-7-9-13/h13H,4-10H2,1-3H3,(H2,20,21,24,26). The van der Waals surface area contributed by atoms with Crippen LogP contribution in [0.2, 0.25) is 0 Å². The number of aryl methyl sites for hydroxylation is 2. The van der Waals surface area contributed by atoms with Gasteiger partial charge in [0, 0.05) is 17.5 Å². The number of nitrogens with zero attached hydrogens (tertiary/aromatic N) is 2. The second kappa shape index (κ2) is 9.09. The molecule has 2 aromatic rings. The number of urea groups is 1. The molecule has 0 spiro atoms. The SMILES string of the molecule is CCn1c(SCC(=O)NC(=O)NC2CCCCC2)nc2sc(C)c(C)c2c1=O. The average molecular weight is 423 g/mol. The molecule has 0 unspecified atom stereocenters. The quantitative estimate of drug-likeness (QED) is 0.569. The molecule has 1 fully saturated rings. The molecular formula is C19H26N4O3S2. The lowest BCUT2D eigenvalue weighted by Gasteiger charge is -2.22. The zero-order valence-corrected chi connectivity index (χ0v) is 18.1. The summed E-state index contributed by atoms with van der Waals surface area (Å²) >= 11 is 2.67. The molecule has 152 valence electrons. The number of hydrogen-bond donors (Lipinski definition) is 2. The van der Waals surface area contributed by atoms with E-state index in [4.69, 9.17) is 0 Å². The molecule has 0 aromatic carbocycles. The Bertz CT molecular complexity index is 945.